The van der Waals surface area contributed by atoms with Crippen LogP contribution < -0.4 is 0 Å². The summed E-state index contributed by atoms with van der Waals surface area (Å²) in [6, 6.07) is 5.87. The van der Waals surface area contributed by atoms with Gasteiger partial charge in [-0.2, -0.15) is 0 Å². The number of carbonyl (C=O) groups is 1. The SMILES string of the molecule is CC12CC[C@@H]3[C@]4(C)COC(c5ccccn5)O[C@@H]4CC[C@@]3(C)[C@@H]1CC(C1=CCOC1=O)O2. The Balaban J connectivity index is 1.26. The van der Waals surface area contributed by atoms with Crippen LogP contribution in [0.25, 0.3) is 0 Å². The lowest BCUT2D eigenvalue weighted by Crippen LogP contribution is -2.63. The Morgan fingerprint density at radius 2 is 1.94 bits per heavy atom. The molecular weight excluding hydrogens is 406 g/mol. The molecule has 3 aliphatic heterocycles. The zero-order valence-electron chi connectivity index (χ0n) is 19.2. The second kappa shape index (κ2) is 7.12. The fraction of sp³-hybridized carbons (Fsp3) is 0.692. The van der Waals surface area contributed by atoms with Crippen LogP contribution in [0.1, 0.15) is 64.9 Å². The first-order valence-corrected chi connectivity index (χ1v) is 12.1. The first kappa shape index (κ1) is 20.8. The number of nitrogens with zero attached hydrogens (tertiary/aromatic N) is 1. The summed E-state index contributed by atoms with van der Waals surface area (Å²) in [5.74, 6) is 0.687. The number of hydrogen-bond donors (Lipinski definition) is 0. The summed E-state index contributed by atoms with van der Waals surface area (Å²) in [5.41, 5.74) is 1.46. The van der Waals surface area contributed by atoms with Crippen LogP contribution in [0.2, 0.25) is 0 Å². The minimum atomic E-state index is -0.382. The van der Waals surface area contributed by atoms with Crippen LogP contribution in [-0.2, 0) is 23.7 Å². The number of fused-ring (bicyclic) bond motifs is 5. The first-order chi connectivity index (χ1) is 15.3. The number of ether oxygens (including phenoxy) is 4. The van der Waals surface area contributed by atoms with E-state index in [1.807, 2.05) is 24.3 Å². The highest BCUT2D eigenvalue weighted by Crippen LogP contribution is 2.67. The molecule has 1 aromatic rings. The number of esters is 1. The Labute approximate surface area is 189 Å². The molecule has 6 rings (SSSR count). The summed E-state index contributed by atoms with van der Waals surface area (Å²) in [6.45, 7) is 8.14. The van der Waals surface area contributed by atoms with Gasteiger partial charge in [0.25, 0.3) is 0 Å². The van der Waals surface area contributed by atoms with E-state index in [0.29, 0.717) is 25.0 Å². The Morgan fingerprint density at radius 1 is 1.06 bits per heavy atom. The minimum absolute atomic E-state index is 0.0384. The second-order valence-electron chi connectivity index (χ2n) is 11.1. The Bertz CT molecular complexity index is 949. The Morgan fingerprint density at radius 3 is 2.69 bits per heavy atom. The molecule has 0 N–H and O–H groups in total. The van der Waals surface area contributed by atoms with Crippen molar-refractivity contribution in [3.63, 3.8) is 0 Å². The van der Waals surface area contributed by atoms with Gasteiger partial charge < -0.3 is 18.9 Å². The van der Waals surface area contributed by atoms with E-state index in [1.54, 1.807) is 6.20 Å². The summed E-state index contributed by atoms with van der Waals surface area (Å²) in [7, 11) is 0. The molecule has 2 saturated carbocycles. The van der Waals surface area contributed by atoms with E-state index >= 15 is 0 Å². The van der Waals surface area contributed by atoms with Gasteiger partial charge in [0, 0.05) is 11.6 Å². The lowest BCUT2D eigenvalue weighted by atomic mass is 9.44. The van der Waals surface area contributed by atoms with Crippen LogP contribution in [-0.4, -0.2) is 42.0 Å². The molecule has 2 aliphatic carbocycles. The normalized spacial score (nSPS) is 47.8. The van der Waals surface area contributed by atoms with Crippen molar-refractivity contribution >= 4 is 5.97 Å². The maximum Gasteiger partial charge on any atom is 0.336 e. The van der Waals surface area contributed by atoms with Crippen LogP contribution in [0.3, 0.4) is 0 Å². The summed E-state index contributed by atoms with van der Waals surface area (Å²) >= 11 is 0. The molecule has 32 heavy (non-hydrogen) atoms. The molecule has 0 spiro atoms. The van der Waals surface area contributed by atoms with Crippen molar-refractivity contribution in [1.82, 2.24) is 4.98 Å². The van der Waals surface area contributed by atoms with Crippen LogP contribution >= 0.6 is 0 Å². The van der Waals surface area contributed by atoms with E-state index in [1.165, 1.54) is 0 Å². The molecule has 3 unspecified atom stereocenters. The largest absolute Gasteiger partial charge is 0.458 e. The molecule has 172 valence electrons. The van der Waals surface area contributed by atoms with E-state index in [2.05, 4.69) is 25.8 Å². The molecule has 6 nitrogen and oxygen atoms in total. The molecule has 0 aromatic carbocycles. The molecule has 5 aliphatic rings. The average molecular weight is 440 g/mol. The van der Waals surface area contributed by atoms with E-state index in [-0.39, 0.29) is 40.9 Å². The maximum atomic E-state index is 12.2. The van der Waals surface area contributed by atoms with E-state index in [4.69, 9.17) is 18.9 Å². The van der Waals surface area contributed by atoms with Crippen molar-refractivity contribution in [2.75, 3.05) is 13.2 Å². The molecule has 2 saturated heterocycles. The fourth-order valence-electron chi connectivity index (χ4n) is 7.91. The van der Waals surface area contributed by atoms with E-state index in [9.17, 15) is 4.79 Å². The van der Waals surface area contributed by atoms with Crippen molar-refractivity contribution in [3.05, 3.63) is 41.7 Å². The van der Waals surface area contributed by atoms with Gasteiger partial charge in [-0.3, -0.25) is 4.98 Å². The molecular formula is C26H33NO5. The monoisotopic (exact) mass is 439 g/mol. The van der Waals surface area contributed by atoms with Gasteiger partial charge in [-0.05, 0) is 74.5 Å². The quantitative estimate of drug-likeness (QED) is 0.638. The molecule has 0 bridgehead atoms. The van der Waals surface area contributed by atoms with Gasteiger partial charge in [0.05, 0.1) is 35.7 Å². The van der Waals surface area contributed by atoms with Gasteiger partial charge in [0.15, 0.2) is 0 Å². The predicted octanol–water partition coefficient (Wildman–Crippen LogP) is 4.36. The Hall–Kier alpha value is -1.76. The number of rotatable bonds is 2. The fourth-order valence-corrected chi connectivity index (χ4v) is 7.91. The smallest absolute Gasteiger partial charge is 0.336 e. The first-order valence-electron chi connectivity index (χ1n) is 12.1. The lowest BCUT2D eigenvalue weighted by molar-refractivity contribution is -0.315. The van der Waals surface area contributed by atoms with Gasteiger partial charge in [0.1, 0.15) is 6.61 Å². The topological polar surface area (TPSA) is 66.9 Å². The van der Waals surface area contributed by atoms with Gasteiger partial charge in [-0.1, -0.05) is 19.9 Å². The van der Waals surface area contributed by atoms with Gasteiger partial charge in [-0.25, -0.2) is 4.79 Å². The average Bonchev–Trinajstić information content (AvgIpc) is 3.37. The zero-order valence-corrected chi connectivity index (χ0v) is 19.2. The summed E-state index contributed by atoms with van der Waals surface area (Å²) < 4.78 is 24.6. The molecule has 6 heteroatoms. The standard InChI is InChI=1S/C26H33NO5/c1-24-10-8-21-25(2,15-30-23(31-21)17-6-4-5-12-27-17)19(24)7-11-26(3)20(24)14-18(32-26)16-9-13-29-22(16)28/h4-6,9,12,18-21,23H,7-8,10-11,13-15H2,1-3H3/t18?,19-,20-,21+,23?,24+,25-,26?/m0/s1. The van der Waals surface area contributed by atoms with E-state index < -0.39 is 0 Å². The van der Waals surface area contributed by atoms with Gasteiger partial charge in [-0.15, -0.1) is 0 Å². The van der Waals surface area contributed by atoms with Crippen molar-refractivity contribution in [2.24, 2.45) is 22.7 Å². The van der Waals surface area contributed by atoms with E-state index in [0.717, 1.165) is 43.4 Å². The predicted molar refractivity (Wildman–Crippen MR) is 116 cm³/mol. The third kappa shape index (κ3) is 2.88. The number of carbonyl (C=O) groups excluding carboxylic acids is 1. The molecule has 8 atom stereocenters. The number of pyridine rings is 1. The maximum absolute atomic E-state index is 12.2. The molecule has 4 heterocycles. The van der Waals surface area contributed by atoms with Crippen LogP contribution in [0.5, 0.6) is 0 Å². The molecule has 4 fully saturated rings. The number of aromatic nitrogens is 1. The van der Waals surface area contributed by atoms with Crippen LogP contribution in [0, 0.1) is 22.7 Å². The lowest BCUT2D eigenvalue weighted by Gasteiger charge is -2.64. The Kier molecular flexibility index (Phi) is 4.63. The molecule has 0 amide bonds. The van der Waals surface area contributed by atoms with Crippen molar-refractivity contribution in [1.29, 1.82) is 0 Å². The summed E-state index contributed by atoms with van der Waals surface area (Å²) in [4.78, 5) is 16.7. The van der Waals surface area contributed by atoms with Crippen LogP contribution in [0.4, 0.5) is 0 Å². The minimum Gasteiger partial charge on any atom is -0.458 e. The highest BCUT2D eigenvalue weighted by molar-refractivity contribution is 5.91. The summed E-state index contributed by atoms with van der Waals surface area (Å²) in [5, 5.41) is 0. The van der Waals surface area contributed by atoms with Gasteiger partial charge >= 0.3 is 5.97 Å². The number of hydrogen-bond acceptors (Lipinski definition) is 6. The number of cyclic esters (lactones) is 1. The highest BCUT2D eigenvalue weighted by atomic mass is 16.7. The van der Waals surface area contributed by atoms with Crippen molar-refractivity contribution < 1.29 is 23.7 Å². The summed E-state index contributed by atoms with van der Waals surface area (Å²) in [6.07, 6.45) is 8.44. The highest BCUT2D eigenvalue weighted by Gasteiger charge is 2.66. The third-order valence-corrected chi connectivity index (χ3v) is 9.46. The molecule has 1 aromatic heterocycles. The van der Waals surface area contributed by atoms with Gasteiger partial charge in [0.2, 0.25) is 6.29 Å². The second-order valence-corrected chi connectivity index (χ2v) is 11.1. The van der Waals surface area contributed by atoms with Crippen molar-refractivity contribution in [3.8, 4) is 0 Å². The zero-order chi connectivity index (χ0) is 22.1. The van der Waals surface area contributed by atoms with Crippen molar-refractivity contribution in [2.45, 2.75) is 77.0 Å². The van der Waals surface area contributed by atoms with Crippen LogP contribution in [0.15, 0.2) is 36.0 Å². The molecule has 0 radical (unpaired) electrons. The third-order valence-electron chi connectivity index (χ3n) is 9.46.